The summed E-state index contributed by atoms with van der Waals surface area (Å²) in [6.07, 6.45) is 5.11. The molecule has 1 aliphatic heterocycles. The Morgan fingerprint density at radius 3 is 2.79 bits per heavy atom. The zero-order chi connectivity index (χ0) is 16.8. The van der Waals surface area contributed by atoms with Gasteiger partial charge in [0.2, 0.25) is 0 Å². The smallest absolute Gasteiger partial charge is 0.336 e. The molecule has 1 heterocycles. The van der Waals surface area contributed by atoms with Gasteiger partial charge in [-0.25, -0.2) is 4.79 Å². The standard InChI is InChI=1S/C19H15Cl2NO2/c20-11-4-1-3-10(9-11)17-13-6-2-5-12(13)16-14(19(23)24)7-8-15(21)18(16)22-17/h1-5,7-9,12-13,17,22H,6H2,(H,23,24)/t12-,13-,17+/m1/s1. The molecule has 0 aromatic heterocycles. The van der Waals surface area contributed by atoms with Gasteiger partial charge in [-0.2, -0.15) is 0 Å². The van der Waals surface area contributed by atoms with E-state index in [0.29, 0.717) is 21.3 Å². The molecule has 1 aliphatic carbocycles. The van der Waals surface area contributed by atoms with Crippen molar-refractivity contribution in [2.24, 2.45) is 5.92 Å². The molecule has 0 fully saturated rings. The molecule has 0 radical (unpaired) electrons. The number of fused-ring (bicyclic) bond motifs is 3. The van der Waals surface area contributed by atoms with Crippen LogP contribution in [-0.2, 0) is 0 Å². The first-order valence-electron chi connectivity index (χ1n) is 7.80. The topological polar surface area (TPSA) is 49.3 Å². The molecule has 5 heteroatoms. The van der Waals surface area contributed by atoms with Crippen molar-refractivity contribution in [3.8, 4) is 0 Å². The highest BCUT2D eigenvalue weighted by Gasteiger charge is 2.40. The number of rotatable bonds is 2. The summed E-state index contributed by atoms with van der Waals surface area (Å²) in [5, 5.41) is 14.3. The Hall–Kier alpha value is -1.97. The molecule has 3 atom stereocenters. The highest BCUT2D eigenvalue weighted by atomic mass is 35.5. The molecular formula is C19H15Cl2NO2. The van der Waals surface area contributed by atoms with Crippen LogP contribution in [0, 0.1) is 5.92 Å². The fourth-order valence-electron chi connectivity index (χ4n) is 3.89. The van der Waals surface area contributed by atoms with Crippen LogP contribution < -0.4 is 5.32 Å². The van der Waals surface area contributed by atoms with Crippen molar-refractivity contribution in [1.29, 1.82) is 0 Å². The quantitative estimate of drug-likeness (QED) is 0.694. The summed E-state index contributed by atoms with van der Waals surface area (Å²) in [5.41, 5.74) is 2.90. The Bertz CT molecular complexity index is 862. The molecule has 0 saturated heterocycles. The molecule has 2 aliphatic rings. The maximum atomic E-state index is 11.7. The summed E-state index contributed by atoms with van der Waals surface area (Å²) in [6, 6.07) is 11.0. The molecule has 122 valence electrons. The minimum absolute atomic E-state index is 0.0371. The van der Waals surface area contributed by atoms with E-state index in [2.05, 4.69) is 17.5 Å². The monoisotopic (exact) mass is 359 g/mol. The number of benzene rings is 2. The second kappa shape index (κ2) is 5.83. The number of carboxylic acid groups (broad SMARTS) is 1. The van der Waals surface area contributed by atoms with Crippen LogP contribution in [0.25, 0.3) is 0 Å². The zero-order valence-electron chi connectivity index (χ0n) is 12.7. The van der Waals surface area contributed by atoms with E-state index in [0.717, 1.165) is 17.5 Å². The van der Waals surface area contributed by atoms with Gasteiger partial charge in [0.15, 0.2) is 0 Å². The van der Waals surface area contributed by atoms with Crippen LogP contribution in [0.5, 0.6) is 0 Å². The van der Waals surface area contributed by atoms with Gasteiger partial charge in [0.1, 0.15) is 0 Å². The minimum Gasteiger partial charge on any atom is -0.478 e. The van der Waals surface area contributed by atoms with Gasteiger partial charge in [0.05, 0.1) is 22.3 Å². The predicted molar refractivity (Wildman–Crippen MR) is 96.2 cm³/mol. The molecule has 2 N–H and O–H groups in total. The highest BCUT2D eigenvalue weighted by Crippen LogP contribution is 2.52. The fourth-order valence-corrected chi connectivity index (χ4v) is 4.31. The average Bonchev–Trinajstić information content (AvgIpc) is 3.04. The van der Waals surface area contributed by atoms with Crippen molar-refractivity contribution in [3.63, 3.8) is 0 Å². The lowest BCUT2D eigenvalue weighted by Crippen LogP contribution is -2.30. The molecule has 0 bridgehead atoms. The lowest BCUT2D eigenvalue weighted by atomic mass is 9.75. The van der Waals surface area contributed by atoms with Gasteiger partial charge in [0.25, 0.3) is 0 Å². The molecule has 2 aromatic carbocycles. The molecule has 0 unspecified atom stereocenters. The maximum Gasteiger partial charge on any atom is 0.336 e. The van der Waals surface area contributed by atoms with Crippen molar-refractivity contribution in [2.75, 3.05) is 5.32 Å². The summed E-state index contributed by atoms with van der Waals surface area (Å²) >= 11 is 12.5. The van der Waals surface area contributed by atoms with Crippen molar-refractivity contribution >= 4 is 34.9 Å². The van der Waals surface area contributed by atoms with E-state index >= 15 is 0 Å². The first kappa shape index (κ1) is 15.6. The van der Waals surface area contributed by atoms with Crippen LogP contribution in [0.4, 0.5) is 5.69 Å². The molecular weight excluding hydrogens is 345 g/mol. The number of carbonyl (C=O) groups is 1. The summed E-state index contributed by atoms with van der Waals surface area (Å²) in [4.78, 5) is 11.7. The largest absolute Gasteiger partial charge is 0.478 e. The van der Waals surface area contributed by atoms with Gasteiger partial charge in [-0.1, -0.05) is 47.5 Å². The van der Waals surface area contributed by atoms with Crippen LogP contribution in [0.1, 0.15) is 39.9 Å². The van der Waals surface area contributed by atoms with E-state index in [1.165, 1.54) is 0 Å². The van der Waals surface area contributed by atoms with E-state index in [4.69, 9.17) is 23.2 Å². The van der Waals surface area contributed by atoms with E-state index in [1.54, 1.807) is 12.1 Å². The third kappa shape index (κ3) is 2.40. The zero-order valence-corrected chi connectivity index (χ0v) is 14.2. The van der Waals surface area contributed by atoms with Crippen LogP contribution >= 0.6 is 23.2 Å². The number of anilines is 1. The van der Waals surface area contributed by atoms with Gasteiger partial charge >= 0.3 is 5.97 Å². The molecule has 0 spiro atoms. The molecule has 0 amide bonds. The number of aromatic carboxylic acids is 1. The molecule has 2 aromatic rings. The number of hydrogen-bond acceptors (Lipinski definition) is 2. The fraction of sp³-hybridized carbons (Fsp3) is 0.211. The van der Waals surface area contributed by atoms with Crippen LogP contribution in [0.15, 0.2) is 48.6 Å². The van der Waals surface area contributed by atoms with Gasteiger partial charge in [-0.3, -0.25) is 0 Å². The summed E-state index contributed by atoms with van der Waals surface area (Å²) < 4.78 is 0. The summed E-state index contributed by atoms with van der Waals surface area (Å²) in [6.45, 7) is 0. The highest BCUT2D eigenvalue weighted by molar-refractivity contribution is 6.33. The molecule has 24 heavy (non-hydrogen) atoms. The summed E-state index contributed by atoms with van der Waals surface area (Å²) in [5.74, 6) is -0.646. The third-order valence-electron chi connectivity index (χ3n) is 4.91. The van der Waals surface area contributed by atoms with Crippen LogP contribution in [-0.4, -0.2) is 11.1 Å². The Morgan fingerprint density at radius 1 is 1.21 bits per heavy atom. The van der Waals surface area contributed by atoms with E-state index < -0.39 is 5.97 Å². The first-order valence-corrected chi connectivity index (χ1v) is 8.56. The summed E-state index contributed by atoms with van der Waals surface area (Å²) in [7, 11) is 0. The first-order chi connectivity index (χ1) is 11.6. The number of nitrogens with one attached hydrogen (secondary N) is 1. The number of hydrogen-bond donors (Lipinski definition) is 2. The SMILES string of the molecule is O=C(O)c1ccc(Cl)c2c1[C@@H]1C=CC[C@H]1[C@H](c1cccc(Cl)c1)N2. The Morgan fingerprint density at radius 2 is 2.04 bits per heavy atom. The maximum absolute atomic E-state index is 11.7. The number of carboxylic acids is 1. The van der Waals surface area contributed by atoms with Gasteiger partial charge in [-0.05, 0) is 47.7 Å². The second-order valence-corrected chi connectivity index (χ2v) is 7.06. The van der Waals surface area contributed by atoms with Crippen LogP contribution in [0.3, 0.4) is 0 Å². The van der Waals surface area contributed by atoms with Gasteiger partial charge in [0, 0.05) is 10.9 Å². The number of halogens is 2. The molecule has 3 nitrogen and oxygen atoms in total. The van der Waals surface area contributed by atoms with E-state index in [9.17, 15) is 9.90 Å². The Balaban J connectivity index is 1.88. The lowest BCUT2D eigenvalue weighted by Gasteiger charge is -2.38. The Kier molecular flexibility index (Phi) is 3.78. The third-order valence-corrected chi connectivity index (χ3v) is 5.46. The number of allylic oxidation sites excluding steroid dienone is 2. The molecule has 0 saturated carbocycles. The van der Waals surface area contributed by atoms with E-state index in [1.807, 2.05) is 24.3 Å². The van der Waals surface area contributed by atoms with Crippen molar-refractivity contribution in [2.45, 2.75) is 18.4 Å². The average molecular weight is 360 g/mol. The van der Waals surface area contributed by atoms with Crippen LogP contribution in [0.2, 0.25) is 10.0 Å². The van der Waals surface area contributed by atoms with Gasteiger partial charge in [-0.15, -0.1) is 0 Å². The van der Waals surface area contributed by atoms with Gasteiger partial charge < -0.3 is 10.4 Å². The second-order valence-electron chi connectivity index (χ2n) is 6.22. The lowest BCUT2D eigenvalue weighted by molar-refractivity contribution is 0.0695. The normalized spacial score (nSPS) is 24.2. The minimum atomic E-state index is -0.926. The Labute approximate surface area is 149 Å². The van der Waals surface area contributed by atoms with Crippen molar-refractivity contribution in [1.82, 2.24) is 0 Å². The van der Waals surface area contributed by atoms with Crippen molar-refractivity contribution < 1.29 is 9.90 Å². The van der Waals surface area contributed by atoms with Crippen molar-refractivity contribution in [3.05, 3.63) is 75.3 Å². The van der Waals surface area contributed by atoms with E-state index in [-0.39, 0.29) is 17.9 Å². The predicted octanol–water partition coefficient (Wildman–Crippen LogP) is 5.52. The molecule has 4 rings (SSSR count).